The van der Waals surface area contributed by atoms with Crippen molar-refractivity contribution in [3.63, 3.8) is 0 Å². The second kappa shape index (κ2) is 20.4. The van der Waals surface area contributed by atoms with Gasteiger partial charge in [-0.2, -0.15) is 0 Å². The van der Waals surface area contributed by atoms with E-state index in [0.717, 1.165) is 6.16 Å². The molecule has 140 valence electrons. The highest BCUT2D eigenvalue weighted by molar-refractivity contribution is 7.57. The van der Waals surface area contributed by atoms with Gasteiger partial charge in [0, 0.05) is 0 Å². The number of rotatable bonds is 19. The van der Waals surface area contributed by atoms with Gasteiger partial charge in [-0.1, -0.05) is 111 Å². The Balaban J connectivity index is 3.02. The number of aliphatic hydroxyl groups excluding tert-OH is 2. The van der Waals surface area contributed by atoms with Gasteiger partial charge < -0.3 is 10.2 Å². The lowest BCUT2D eigenvalue weighted by Gasteiger charge is -2.10. The van der Waals surface area contributed by atoms with Crippen molar-refractivity contribution in [3.8, 4) is 0 Å². The minimum atomic E-state index is -0.488. The molecule has 0 aromatic heterocycles. The summed E-state index contributed by atoms with van der Waals surface area (Å²) in [4.78, 5) is 0. The van der Waals surface area contributed by atoms with Crippen LogP contribution in [0.2, 0.25) is 0 Å². The number of aliphatic hydroxyl groups is 2. The molecule has 2 N–H and O–H groups in total. The summed E-state index contributed by atoms with van der Waals surface area (Å²) in [6.07, 6.45) is 23.7. The lowest BCUT2D eigenvalue weighted by atomic mass is 10.0. The molecule has 0 saturated heterocycles. The maximum Gasteiger partial charge on any atom is 0.0646 e. The Labute approximate surface area is 147 Å². The lowest BCUT2D eigenvalue weighted by Crippen LogP contribution is -1.94. The zero-order valence-electron chi connectivity index (χ0n) is 15.8. The molecule has 23 heavy (non-hydrogen) atoms. The first kappa shape index (κ1) is 23.4. The van der Waals surface area contributed by atoms with E-state index in [-0.39, 0.29) is 12.7 Å². The molecule has 0 bridgehead atoms. The van der Waals surface area contributed by atoms with Gasteiger partial charge in [0.15, 0.2) is 0 Å². The third-order valence-electron chi connectivity index (χ3n) is 4.73. The quantitative estimate of drug-likeness (QED) is 0.203. The SMILES string of the molecule is CCCCCCCCCCCCCCCCCCP(CO)CO. The molecule has 0 radical (unpaired) electrons. The van der Waals surface area contributed by atoms with E-state index < -0.39 is 7.92 Å². The molecule has 0 aliphatic rings. The molecule has 0 atom stereocenters. The van der Waals surface area contributed by atoms with E-state index in [0.29, 0.717) is 0 Å². The molecular weight excluding hydrogens is 303 g/mol. The van der Waals surface area contributed by atoms with Gasteiger partial charge in [0.1, 0.15) is 0 Å². The molecule has 0 aliphatic heterocycles. The molecule has 0 aliphatic carbocycles. The molecular formula is C20H43O2P. The van der Waals surface area contributed by atoms with E-state index in [1.165, 1.54) is 103 Å². The predicted molar refractivity (Wildman–Crippen MR) is 106 cm³/mol. The zero-order valence-corrected chi connectivity index (χ0v) is 16.7. The summed E-state index contributed by atoms with van der Waals surface area (Å²) in [7, 11) is -0.488. The first-order valence-corrected chi connectivity index (χ1v) is 12.2. The zero-order chi connectivity index (χ0) is 17.0. The average Bonchev–Trinajstić information content (AvgIpc) is 2.58. The second-order valence-electron chi connectivity index (χ2n) is 6.98. The third kappa shape index (κ3) is 18.5. The van der Waals surface area contributed by atoms with Crippen LogP contribution in [0.4, 0.5) is 0 Å². The van der Waals surface area contributed by atoms with Crippen LogP contribution in [-0.2, 0) is 0 Å². The van der Waals surface area contributed by atoms with E-state index in [9.17, 15) is 0 Å². The smallest absolute Gasteiger partial charge is 0.0646 e. The largest absolute Gasteiger partial charge is 0.392 e. The maximum atomic E-state index is 9.02. The van der Waals surface area contributed by atoms with Crippen LogP contribution in [0, 0.1) is 0 Å². The van der Waals surface area contributed by atoms with Crippen molar-refractivity contribution in [1.29, 1.82) is 0 Å². The van der Waals surface area contributed by atoms with Crippen LogP contribution in [0.1, 0.15) is 110 Å². The summed E-state index contributed by atoms with van der Waals surface area (Å²) in [5.74, 6) is 0. The van der Waals surface area contributed by atoms with E-state index >= 15 is 0 Å². The number of hydrogen-bond acceptors (Lipinski definition) is 2. The minimum Gasteiger partial charge on any atom is -0.392 e. The molecule has 0 aromatic carbocycles. The number of hydrogen-bond donors (Lipinski definition) is 2. The van der Waals surface area contributed by atoms with Crippen LogP contribution in [0.25, 0.3) is 0 Å². The first-order chi connectivity index (χ1) is 11.3. The van der Waals surface area contributed by atoms with Gasteiger partial charge in [0.25, 0.3) is 0 Å². The maximum absolute atomic E-state index is 9.02. The van der Waals surface area contributed by atoms with Crippen molar-refractivity contribution < 1.29 is 10.2 Å². The van der Waals surface area contributed by atoms with Crippen LogP contribution in [-0.4, -0.2) is 29.1 Å². The van der Waals surface area contributed by atoms with E-state index in [4.69, 9.17) is 10.2 Å². The monoisotopic (exact) mass is 346 g/mol. The van der Waals surface area contributed by atoms with Crippen LogP contribution < -0.4 is 0 Å². The fraction of sp³-hybridized carbons (Fsp3) is 1.00. The van der Waals surface area contributed by atoms with Gasteiger partial charge >= 0.3 is 0 Å². The van der Waals surface area contributed by atoms with Crippen molar-refractivity contribution in [2.24, 2.45) is 0 Å². The van der Waals surface area contributed by atoms with E-state index in [2.05, 4.69) is 6.92 Å². The Morgan fingerprint density at radius 2 is 0.783 bits per heavy atom. The van der Waals surface area contributed by atoms with Crippen molar-refractivity contribution in [1.82, 2.24) is 0 Å². The Kier molecular flexibility index (Phi) is 20.7. The van der Waals surface area contributed by atoms with Crippen molar-refractivity contribution in [2.45, 2.75) is 110 Å². The van der Waals surface area contributed by atoms with Crippen molar-refractivity contribution in [2.75, 3.05) is 18.9 Å². The topological polar surface area (TPSA) is 40.5 Å². The van der Waals surface area contributed by atoms with Gasteiger partial charge in [0.05, 0.1) is 12.7 Å². The predicted octanol–water partition coefficient (Wildman–Crippen LogP) is 6.63. The molecule has 0 fully saturated rings. The Morgan fingerprint density at radius 3 is 1.09 bits per heavy atom. The van der Waals surface area contributed by atoms with Crippen molar-refractivity contribution in [3.05, 3.63) is 0 Å². The van der Waals surface area contributed by atoms with E-state index in [1.807, 2.05) is 0 Å². The van der Waals surface area contributed by atoms with Crippen LogP contribution in [0.5, 0.6) is 0 Å². The minimum absolute atomic E-state index is 0.199. The highest BCUT2D eigenvalue weighted by atomic mass is 31.1. The molecule has 0 saturated carbocycles. The molecule has 0 amide bonds. The fourth-order valence-corrected chi connectivity index (χ4v) is 4.11. The van der Waals surface area contributed by atoms with Crippen LogP contribution in [0.3, 0.4) is 0 Å². The summed E-state index contributed by atoms with van der Waals surface area (Å²) in [6, 6.07) is 0. The summed E-state index contributed by atoms with van der Waals surface area (Å²) >= 11 is 0. The Hall–Kier alpha value is 0.350. The highest BCUT2D eigenvalue weighted by Gasteiger charge is 2.03. The second-order valence-corrected chi connectivity index (χ2v) is 9.34. The molecule has 2 nitrogen and oxygen atoms in total. The fourth-order valence-electron chi connectivity index (χ4n) is 3.07. The molecule has 3 heteroatoms. The first-order valence-electron chi connectivity index (χ1n) is 10.3. The average molecular weight is 347 g/mol. The lowest BCUT2D eigenvalue weighted by molar-refractivity contribution is 0.343. The summed E-state index contributed by atoms with van der Waals surface area (Å²) in [5.41, 5.74) is 0. The number of unbranched alkanes of at least 4 members (excludes halogenated alkanes) is 15. The molecule has 0 aromatic rings. The van der Waals surface area contributed by atoms with Crippen molar-refractivity contribution >= 4 is 7.92 Å². The van der Waals surface area contributed by atoms with Crippen LogP contribution in [0.15, 0.2) is 0 Å². The standard InChI is InChI=1S/C20H43O2P/c1-2-3-4-5-6-7-8-9-10-11-12-13-14-15-16-17-18-23(19-21)20-22/h21-22H,2-20H2,1H3. The normalized spacial score (nSPS) is 11.5. The molecule has 0 rings (SSSR count). The molecule has 0 heterocycles. The van der Waals surface area contributed by atoms with Crippen LogP contribution >= 0.6 is 7.92 Å². The third-order valence-corrected chi connectivity index (χ3v) is 6.48. The summed E-state index contributed by atoms with van der Waals surface area (Å²) < 4.78 is 0. The van der Waals surface area contributed by atoms with Gasteiger partial charge in [-0.3, -0.25) is 0 Å². The summed E-state index contributed by atoms with van der Waals surface area (Å²) in [5, 5.41) is 18.0. The van der Waals surface area contributed by atoms with Gasteiger partial charge in [0.2, 0.25) is 0 Å². The van der Waals surface area contributed by atoms with Gasteiger partial charge in [-0.05, 0) is 12.6 Å². The van der Waals surface area contributed by atoms with Gasteiger partial charge in [-0.15, -0.1) is 0 Å². The molecule has 0 spiro atoms. The van der Waals surface area contributed by atoms with E-state index in [1.54, 1.807) is 0 Å². The summed E-state index contributed by atoms with van der Waals surface area (Å²) in [6.45, 7) is 2.28. The highest BCUT2D eigenvalue weighted by Crippen LogP contribution is 2.33. The Morgan fingerprint density at radius 1 is 0.478 bits per heavy atom. The van der Waals surface area contributed by atoms with Gasteiger partial charge in [-0.25, -0.2) is 0 Å². The Bertz CT molecular complexity index is 208. The molecule has 0 unspecified atom stereocenters.